The van der Waals surface area contributed by atoms with Crippen LogP contribution in [-0.4, -0.2) is 5.91 Å². The number of ether oxygens (including phenoxy) is 1. The third-order valence-corrected chi connectivity index (χ3v) is 6.52. The second-order valence-corrected chi connectivity index (χ2v) is 9.32. The van der Waals surface area contributed by atoms with Crippen LogP contribution in [0.5, 0.6) is 5.75 Å². The van der Waals surface area contributed by atoms with Gasteiger partial charge in [-0.3, -0.25) is 4.79 Å². The molecular formula is C28H20ClIN2O2. The van der Waals surface area contributed by atoms with Crippen LogP contribution in [0, 0.1) is 21.8 Å². The first-order chi connectivity index (χ1) is 16.4. The zero-order valence-corrected chi connectivity index (χ0v) is 21.2. The molecular weight excluding hydrogens is 559 g/mol. The molecule has 0 aromatic heterocycles. The van der Waals surface area contributed by atoms with Crippen molar-refractivity contribution in [3.05, 3.63) is 110 Å². The van der Waals surface area contributed by atoms with Crippen LogP contribution >= 0.6 is 34.2 Å². The number of benzene rings is 4. The molecule has 34 heavy (non-hydrogen) atoms. The predicted molar refractivity (Wildman–Crippen MR) is 146 cm³/mol. The van der Waals surface area contributed by atoms with E-state index >= 15 is 0 Å². The first-order valence-electron chi connectivity index (χ1n) is 10.5. The highest BCUT2D eigenvalue weighted by Gasteiger charge is 2.11. The maximum Gasteiger partial charge on any atom is 0.266 e. The van der Waals surface area contributed by atoms with E-state index in [-0.39, 0.29) is 5.57 Å². The van der Waals surface area contributed by atoms with Crippen molar-refractivity contribution < 1.29 is 9.53 Å². The number of fused-ring (bicyclic) bond motifs is 1. The van der Waals surface area contributed by atoms with Gasteiger partial charge in [0, 0.05) is 10.7 Å². The van der Waals surface area contributed by atoms with Crippen molar-refractivity contribution in [1.29, 1.82) is 5.26 Å². The van der Waals surface area contributed by atoms with Gasteiger partial charge < -0.3 is 10.1 Å². The molecule has 0 atom stereocenters. The van der Waals surface area contributed by atoms with Gasteiger partial charge in [-0.05, 0) is 93.4 Å². The molecule has 4 rings (SSSR count). The van der Waals surface area contributed by atoms with Gasteiger partial charge in [0.1, 0.15) is 24.0 Å². The fraction of sp³-hybridized carbons (Fsp3) is 0.0714. The fourth-order valence-electron chi connectivity index (χ4n) is 3.40. The molecule has 0 heterocycles. The van der Waals surface area contributed by atoms with Crippen LogP contribution < -0.4 is 10.1 Å². The molecule has 0 saturated heterocycles. The highest BCUT2D eigenvalue weighted by molar-refractivity contribution is 14.1. The lowest BCUT2D eigenvalue weighted by Crippen LogP contribution is -2.13. The molecule has 1 amide bonds. The van der Waals surface area contributed by atoms with Crippen LogP contribution in [0.15, 0.2) is 84.4 Å². The lowest BCUT2D eigenvalue weighted by atomic mass is 10.1. The molecule has 168 valence electrons. The summed E-state index contributed by atoms with van der Waals surface area (Å²) in [6.07, 6.45) is 1.56. The van der Waals surface area contributed by atoms with Gasteiger partial charge in [0.2, 0.25) is 0 Å². The van der Waals surface area contributed by atoms with E-state index < -0.39 is 5.91 Å². The Bertz CT molecular complexity index is 1460. The Balaban J connectivity index is 1.45. The lowest BCUT2D eigenvalue weighted by molar-refractivity contribution is -0.112. The maximum absolute atomic E-state index is 12.6. The molecule has 1 N–H and O–H groups in total. The number of amides is 1. The Hall–Kier alpha value is -3.34. The Morgan fingerprint density at radius 3 is 2.59 bits per heavy atom. The molecule has 4 nitrogen and oxygen atoms in total. The monoisotopic (exact) mass is 578 g/mol. The number of rotatable bonds is 6. The van der Waals surface area contributed by atoms with Gasteiger partial charge in [0.25, 0.3) is 5.91 Å². The van der Waals surface area contributed by atoms with Gasteiger partial charge in [-0.25, -0.2) is 0 Å². The zero-order chi connectivity index (χ0) is 24.1. The highest BCUT2D eigenvalue weighted by Crippen LogP contribution is 2.26. The van der Waals surface area contributed by atoms with Crippen molar-refractivity contribution in [3.63, 3.8) is 0 Å². The number of anilines is 1. The standard InChI is InChI=1S/C28H20ClIN2O2/c1-18-6-10-24(15-25(18)29)32-28(33)23(16-31)12-19-8-11-27(26(30)14-19)34-17-20-7-9-21-4-2-3-5-22(21)13-20/h2-15H,17H2,1H3,(H,32,33)/b23-12-. The molecule has 6 heteroatoms. The number of halogens is 2. The first kappa shape index (κ1) is 23.8. The number of nitriles is 1. The molecule has 4 aromatic carbocycles. The molecule has 0 radical (unpaired) electrons. The zero-order valence-electron chi connectivity index (χ0n) is 18.3. The normalized spacial score (nSPS) is 11.2. The third kappa shape index (κ3) is 5.77. The van der Waals surface area contributed by atoms with Crippen molar-refractivity contribution in [1.82, 2.24) is 0 Å². The van der Waals surface area contributed by atoms with E-state index in [4.69, 9.17) is 16.3 Å². The summed E-state index contributed by atoms with van der Waals surface area (Å²) in [6, 6.07) is 27.2. The molecule has 0 bridgehead atoms. The van der Waals surface area contributed by atoms with Gasteiger partial charge in [-0.1, -0.05) is 60.1 Å². The summed E-state index contributed by atoms with van der Waals surface area (Å²) in [7, 11) is 0. The number of carbonyl (C=O) groups is 1. The Kier molecular flexibility index (Phi) is 7.51. The molecule has 0 aliphatic rings. The number of hydrogen-bond acceptors (Lipinski definition) is 3. The number of carbonyl (C=O) groups excluding carboxylic acids is 1. The van der Waals surface area contributed by atoms with Gasteiger partial charge in [-0.15, -0.1) is 0 Å². The van der Waals surface area contributed by atoms with E-state index in [1.165, 1.54) is 10.8 Å². The summed E-state index contributed by atoms with van der Waals surface area (Å²) < 4.78 is 6.90. The first-order valence-corrected chi connectivity index (χ1v) is 12.0. The summed E-state index contributed by atoms with van der Waals surface area (Å²) in [5.74, 6) is 0.247. The molecule has 4 aromatic rings. The summed E-state index contributed by atoms with van der Waals surface area (Å²) in [5.41, 5.74) is 3.26. The highest BCUT2D eigenvalue weighted by atomic mass is 127. The summed E-state index contributed by atoms with van der Waals surface area (Å²) in [4.78, 5) is 12.6. The largest absolute Gasteiger partial charge is 0.488 e. The number of nitrogens with zero attached hydrogens (tertiary/aromatic N) is 1. The van der Waals surface area contributed by atoms with Crippen molar-refractivity contribution in [2.75, 3.05) is 5.32 Å². The van der Waals surface area contributed by atoms with Crippen LogP contribution in [0.2, 0.25) is 5.02 Å². The molecule has 0 aliphatic heterocycles. The van der Waals surface area contributed by atoms with Crippen molar-refractivity contribution in [3.8, 4) is 11.8 Å². The molecule has 0 unspecified atom stereocenters. The summed E-state index contributed by atoms with van der Waals surface area (Å²) in [6.45, 7) is 2.33. The molecule has 0 aliphatic carbocycles. The second-order valence-electron chi connectivity index (χ2n) is 7.75. The van der Waals surface area contributed by atoms with Crippen molar-refractivity contribution in [2.45, 2.75) is 13.5 Å². The van der Waals surface area contributed by atoms with E-state index in [2.05, 4.69) is 58.2 Å². The van der Waals surface area contributed by atoms with Crippen molar-refractivity contribution >= 4 is 62.6 Å². The van der Waals surface area contributed by atoms with E-state index in [1.54, 1.807) is 18.2 Å². The van der Waals surface area contributed by atoms with E-state index in [0.717, 1.165) is 26.0 Å². The SMILES string of the molecule is Cc1ccc(NC(=O)/C(C#N)=C\c2ccc(OCc3ccc4ccccc4c3)c(I)c2)cc1Cl. The van der Waals surface area contributed by atoms with Crippen LogP contribution in [0.1, 0.15) is 16.7 Å². The number of aryl methyl sites for hydroxylation is 1. The minimum atomic E-state index is -0.492. The van der Waals surface area contributed by atoms with Gasteiger partial charge in [0.05, 0.1) is 3.57 Å². The molecule has 0 saturated carbocycles. The van der Waals surface area contributed by atoms with Crippen molar-refractivity contribution in [2.24, 2.45) is 0 Å². The van der Waals surface area contributed by atoms with Crippen LogP contribution in [0.3, 0.4) is 0 Å². The minimum absolute atomic E-state index is 0.00247. The van der Waals surface area contributed by atoms with Crippen LogP contribution in [0.25, 0.3) is 16.8 Å². The van der Waals surface area contributed by atoms with Gasteiger partial charge in [0.15, 0.2) is 0 Å². The predicted octanol–water partition coefficient (Wildman–Crippen LogP) is 7.53. The average Bonchev–Trinajstić information content (AvgIpc) is 2.84. The quantitative estimate of drug-likeness (QED) is 0.146. The second kappa shape index (κ2) is 10.7. The molecule has 0 fully saturated rings. The fourth-order valence-corrected chi connectivity index (χ4v) is 4.27. The van der Waals surface area contributed by atoms with Crippen LogP contribution in [-0.2, 0) is 11.4 Å². The summed E-state index contributed by atoms with van der Waals surface area (Å²) in [5, 5.41) is 15.1. The van der Waals surface area contributed by atoms with E-state index in [1.807, 2.05) is 49.4 Å². The van der Waals surface area contributed by atoms with E-state index in [0.29, 0.717) is 17.3 Å². The third-order valence-electron chi connectivity index (χ3n) is 5.27. The topological polar surface area (TPSA) is 62.1 Å². The van der Waals surface area contributed by atoms with E-state index in [9.17, 15) is 10.1 Å². The maximum atomic E-state index is 12.6. The smallest absolute Gasteiger partial charge is 0.266 e. The minimum Gasteiger partial charge on any atom is -0.488 e. The van der Waals surface area contributed by atoms with Gasteiger partial charge in [-0.2, -0.15) is 5.26 Å². The Labute approximate surface area is 217 Å². The van der Waals surface area contributed by atoms with Gasteiger partial charge >= 0.3 is 0 Å². The lowest BCUT2D eigenvalue weighted by Gasteiger charge is -2.10. The number of nitrogens with one attached hydrogen (secondary N) is 1. The Morgan fingerprint density at radius 2 is 1.85 bits per heavy atom. The summed E-state index contributed by atoms with van der Waals surface area (Å²) >= 11 is 8.31. The molecule has 0 spiro atoms. The van der Waals surface area contributed by atoms with Crippen LogP contribution in [0.4, 0.5) is 5.69 Å². The Morgan fingerprint density at radius 1 is 1.06 bits per heavy atom. The number of hydrogen-bond donors (Lipinski definition) is 1. The average molecular weight is 579 g/mol.